The molecule has 1 aromatic rings. The van der Waals surface area contributed by atoms with Gasteiger partial charge in [-0.1, -0.05) is 6.92 Å². The number of amides is 1. The maximum absolute atomic E-state index is 12.5. The number of hydrogen-bond acceptors (Lipinski definition) is 5. The van der Waals surface area contributed by atoms with Crippen molar-refractivity contribution in [1.82, 2.24) is 15.2 Å². The van der Waals surface area contributed by atoms with Crippen LogP contribution in [0.25, 0.3) is 0 Å². The lowest BCUT2D eigenvalue weighted by Crippen LogP contribution is -2.43. The van der Waals surface area contributed by atoms with Gasteiger partial charge in [0.2, 0.25) is 5.91 Å². The summed E-state index contributed by atoms with van der Waals surface area (Å²) >= 11 is 1.62. The molecule has 1 amide bonds. The van der Waals surface area contributed by atoms with Gasteiger partial charge < -0.3 is 15.1 Å². The lowest BCUT2D eigenvalue weighted by Gasteiger charge is -2.30. The van der Waals surface area contributed by atoms with Crippen molar-refractivity contribution < 1.29 is 4.79 Å². The molecule has 2 fully saturated rings. The van der Waals surface area contributed by atoms with E-state index in [0.29, 0.717) is 0 Å². The van der Waals surface area contributed by atoms with E-state index in [2.05, 4.69) is 27.0 Å². The van der Waals surface area contributed by atoms with Crippen LogP contribution in [0.3, 0.4) is 0 Å². The number of carbonyl (C=O) groups is 1. The topological polar surface area (TPSA) is 48.5 Å². The van der Waals surface area contributed by atoms with Crippen LogP contribution in [0.1, 0.15) is 45.4 Å². The molecule has 0 radical (unpaired) electrons. The fourth-order valence-corrected chi connectivity index (χ4v) is 4.42. The second-order valence-electron chi connectivity index (χ2n) is 7.19. The maximum Gasteiger partial charge on any atom is 0.242 e. The Morgan fingerprint density at radius 1 is 1.29 bits per heavy atom. The van der Waals surface area contributed by atoms with Gasteiger partial charge in [-0.15, -0.1) is 11.3 Å². The van der Waals surface area contributed by atoms with E-state index in [1.54, 1.807) is 11.3 Å². The molecule has 1 aromatic heterocycles. The Morgan fingerprint density at radius 2 is 2.12 bits per heavy atom. The standard InChI is InChI=1S/C18H30N4OS/c1-15-6-12-21(13-7-15)10-3-2-8-19-17(23)16-5-4-11-22(16)18-20-9-14-24-18/h9,14-16H,2-8,10-13H2,1H3,(H,19,23)/t16-/m1/s1. The first-order chi connectivity index (χ1) is 11.7. The highest BCUT2D eigenvalue weighted by Crippen LogP contribution is 2.27. The highest BCUT2D eigenvalue weighted by Gasteiger charge is 2.31. The third-order valence-electron chi connectivity index (χ3n) is 5.30. The van der Waals surface area contributed by atoms with Crippen molar-refractivity contribution in [3.8, 4) is 0 Å². The highest BCUT2D eigenvalue weighted by molar-refractivity contribution is 7.13. The van der Waals surface area contributed by atoms with Crippen molar-refractivity contribution in [2.24, 2.45) is 5.92 Å². The van der Waals surface area contributed by atoms with Crippen LogP contribution in [0.15, 0.2) is 11.6 Å². The van der Waals surface area contributed by atoms with E-state index in [9.17, 15) is 4.79 Å². The van der Waals surface area contributed by atoms with Gasteiger partial charge in [0.15, 0.2) is 5.13 Å². The Morgan fingerprint density at radius 3 is 2.88 bits per heavy atom. The minimum Gasteiger partial charge on any atom is -0.354 e. The predicted molar refractivity (Wildman–Crippen MR) is 99.6 cm³/mol. The summed E-state index contributed by atoms with van der Waals surface area (Å²) in [6, 6.07) is -0.0280. The fourth-order valence-electron chi connectivity index (χ4n) is 3.70. The predicted octanol–water partition coefficient (Wildman–Crippen LogP) is 2.74. The largest absolute Gasteiger partial charge is 0.354 e. The van der Waals surface area contributed by atoms with E-state index < -0.39 is 0 Å². The summed E-state index contributed by atoms with van der Waals surface area (Å²) in [7, 11) is 0. The summed E-state index contributed by atoms with van der Waals surface area (Å²) < 4.78 is 0. The second kappa shape index (κ2) is 8.81. The molecule has 0 aromatic carbocycles. The Hall–Kier alpha value is -1.14. The summed E-state index contributed by atoms with van der Waals surface area (Å²) in [5.74, 6) is 1.07. The van der Waals surface area contributed by atoms with Crippen molar-refractivity contribution in [2.75, 3.05) is 37.6 Å². The van der Waals surface area contributed by atoms with Crippen molar-refractivity contribution in [2.45, 2.75) is 51.5 Å². The monoisotopic (exact) mass is 350 g/mol. The molecule has 5 nitrogen and oxygen atoms in total. The molecule has 6 heteroatoms. The molecule has 1 atom stereocenters. The molecular formula is C18H30N4OS. The normalized spacial score (nSPS) is 22.9. The minimum atomic E-state index is -0.0280. The minimum absolute atomic E-state index is 0.0280. The van der Waals surface area contributed by atoms with Crippen LogP contribution in [-0.2, 0) is 4.79 Å². The van der Waals surface area contributed by atoms with Crippen LogP contribution < -0.4 is 10.2 Å². The van der Waals surface area contributed by atoms with E-state index in [-0.39, 0.29) is 11.9 Å². The zero-order chi connectivity index (χ0) is 16.8. The van der Waals surface area contributed by atoms with Gasteiger partial charge in [-0.25, -0.2) is 4.98 Å². The van der Waals surface area contributed by atoms with Crippen LogP contribution in [0, 0.1) is 5.92 Å². The first-order valence-electron chi connectivity index (χ1n) is 9.40. The third-order valence-corrected chi connectivity index (χ3v) is 6.11. The number of carbonyl (C=O) groups excluding carboxylic acids is 1. The van der Waals surface area contributed by atoms with Gasteiger partial charge in [-0.3, -0.25) is 4.79 Å². The van der Waals surface area contributed by atoms with Gasteiger partial charge in [0.05, 0.1) is 0 Å². The van der Waals surface area contributed by atoms with Gasteiger partial charge >= 0.3 is 0 Å². The fraction of sp³-hybridized carbons (Fsp3) is 0.778. The number of rotatable bonds is 7. The van der Waals surface area contributed by atoms with Gasteiger partial charge in [-0.2, -0.15) is 0 Å². The number of piperidine rings is 1. The molecule has 0 bridgehead atoms. The van der Waals surface area contributed by atoms with Gasteiger partial charge in [0.25, 0.3) is 0 Å². The molecule has 2 aliphatic rings. The molecule has 0 aliphatic carbocycles. The molecule has 0 saturated carbocycles. The average molecular weight is 351 g/mol. The van der Waals surface area contributed by atoms with Crippen LogP contribution in [0.5, 0.6) is 0 Å². The van der Waals surface area contributed by atoms with Crippen molar-refractivity contribution in [3.63, 3.8) is 0 Å². The lowest BCUT2D eigenvalue weighted by atomic mass is 9.99. The molecule has 0 unspecified atom stereocenters. The van der Waals surface area contributed by atoms with E-state index >= 15 is 0 Å². The van der Waals surface area contributed by atoms with Crippen LogP contribution in [0.4, 0.5) is 5.13 Å². The van der Waals surface area contributed by atoms with E-state index in [0.717, 1.165) is 43.4 Å². The van der Waals surface area contributed by atoms with Gasteiger partial charge in [0, 0.05) is 24.7 Å². The molecule has 2 saturated heterocycles. The number of likely N-dealkylation sites (tertiary alicyclic amines) is 1. The number of anilines is 1. The van der Waals surface area contributed by atoms with E-state index in [4.69, 9.17) is 0 Å². The number of aromatic nitrogens is 1. The zero-order valence-corrected chi connectivity index (χ0v) is 15.6. The second-order valence-corrected chi connectivity index (χ2v) is 8.06. The third kappa shape index (κ3) is 4.70. The van der Waals surface area contributed by atoms with Gasteiger partial charge in [-0.05, 0) is 64.1 Å². The number of unbranched alkanes of at least 4 members (excludes halogenated alkanes) is 1. The van der Waals surface area contributed by atoms with Crippen LogP contribution >= 0.6 is 11.3 Å². The summed E-state index contributed by atoms with van der Waals surface area (Å²) in [4.78, 5) is 21.6. The summed E-state index contributed by atoms with van der Waals surface area (Å²) in [6.45, 7) is 7.77. The van der Waals surface area contributed by atoms with Crippen molar-refractivity contribution >= 4 is 22.4 Å². The number of hydrogen-bond donors (Lipinski definition) is 1. The Kier molecular flexibility index (Phi) is 6.49. The number of nitrogens with one attached hydrogen (secondary N) is 1. The molecule has 1 N–H and O–H groups in total. The molecular weight excluding hydrogens is 320 g/mol. The lowest BCUT2D eigenvalue weighted by molar-refractivity contribution is -0.122. The van der Waals surface area contributed by atoms with E-state index in [1.807, 2.05) is 11.6 Å². The first-order valence-corrected chi connectivity index (χ1v) is 10.3. The van der Waals surface area contributed by atoms with Gasteiger partial charge in [0.1, 0.15) is 6.04 Å². The smallest absolute Gasteiger partial charge is 0.242 e. The molecule has 2 aliphatic heterocycles. The summed E-state index contributed by atoms with van der Waals surface area (Å²) in [5, 5.41) is 6.09. The Balaban J connectivity index is 1.32. The molecule has 3 rings (SSSR count). The first kappa shape index (κ1) is 17.7. The van der Waals surface area contributed by atoms with Crippen LogP contribution in [-0.4, -0.2) is 54.6 Å². The highest BCUT2D eigenvalue weighted by atomic mass is 32.1. The number of thiazole rings is 1. The zero-order valence-electron chi connectivity index (χ0n) is 14.7. The molecule has 24 heavy (non-hydrogen) atoms. The maximum atomic E-state index is 12.5. The SMILES string of the molecule is CC1CCN(CCCCNC(=O)[C@H]2CCCN2c2nccs2)CC1. The van der Waals surface area contributed by atoms with Crippen molar-refractivity contribution in [3.05, 3.63) is 11.6 Å². The average Bonchev–Trinajstić information content (AvgIpc) is 3.27. The van der Waals surface area contributed by atoms with E-state index in [1.165, 1.54) is 38.9 Å². The van der Waals surface area contributed by atoms with Crippen LogP contribution in [0.2, 0.25) is 0 Å². The van der Waals surface area contributed by atoms with Crippen molar-refractivity contribution in [1.29, 1.82) is 0 Å². The summed E-state index contributed by atoms with van der Waals surface area (Å²) in [6.07, 6.45) is 8.75. The molecule has 3 heterocycles. The molecule has 0 spiro atoms. The summed E-state index contributed by atoms with van der Waals surface area (Å²) in [5.41, 5.74) is 0. The molecule has 134 valence electrons. The Bertz CT molecular complexity index is 499. The number of nitrogens with zero attached hydrogens (tertiary/aromatic N) is 3. The Labute approximate surface area is 149 Å². The quantitative estimate of drug-likeness (QED) is 0.768.